The largest absolute Gasteiger partial charge is 0.480 e. The molecular formula is C23H25N3O2. The smallest absolute Gasteiger partial charge is 0.263 e. The van der Waals surface area contributed by atoms with Gasteiger partial charge in [-0.15, -0.1) is 0 Å². The Bertz CT molecular complexity index is 850. The summed E-state index contributed by atoms with van der Waals surface area (Å²) in [6.45, 7) is 5.67. The summed E-state index contributed by atoms with van der Waals surface area (Å²) in [6.07, 6.45) is 3.68. The van der Waals surface area contributed by atoms with Crippen LogP contribution >= 0.6 is 0 Å². The number of hydrogen-bond donors (Lipinski definition) is 0. The van der Waals surface area contributed by atoms with Gasteiger partial charge in [-0.3, -0.25) is 9.69 Å². The van der Waals surface area contributed by atoms with E-state index < -0.39 is 6.10 Å². The number of nitriles is 1. The van der Waals surface area contributed by atoms with Crippen LogP contribution in [0.2, 0.25) is 0 Å². The summed E-state index contributed by atoms with van der Waals surface area (Å²) in [5.74, 6) is 0.419. The van der Waals surface area contributed by atoms with Crippen LogP contribution < -0.4 is 4.74 Å². The highest BCUT2D eigenvalue weighted by Gasteiger charge is 2.26. The molecule has 5 nitrogen and oxygen atoms in total. The fraction of sp³-hybridized carbons (Fsp3) is 0.304. The summed E-state index contributed by atoms with van der Waals surface area (Å²) >= 11 is 0. The molecule has 3 rings (SSSR count). The topological polar surface area (TPSA) is 56.6 Å². The van der Waals surface area contributed by atoms with Gasteiger partial charge in [-0.1, -0.05) is 54.6 Å². The standard InChI is InChI=1S/C23H25N3O2/c1-19(28-22-12-6-5-11-21(22)18-24)23(27)26-16-14-25(15-17-26)13-7-10-20-8-3-2-4-9-20/h2-12,19H,13-17H2,1H3. The van der Waals surface area contributed by atoms with E-state index in [0.29, 0.717) is 24.4 Å². The maximum absolute atomic E-state index is 12.7. The second-order valence-electron chi connectivity index (χ2n) is 6.81. The van der Waals surface area contributed by atoms with Crippen LogP contribution in [-0.2, 0) is 4.79 Å². The summed E-state index contributed by atoms with van der Waals surface area (Å²) in [5, 5.41) is 9.16. The zero-order valence-electron chi connectivity index (χ0n) is 16.1. The van der Waals surface area contributed by atoms with Crippen molar-refractivity contribution < 1.29 is 9.53 Å². The van der Waals surface area contributed by atoms with Gasteiger partial charge < -0.3 is 9.64 Å². The van der Waals surface area contributed by atoms with Gasteiger partial charge in [0, 0.05) is 32.7 Å². The molecule has 0 aromatic heterocycles. The Morgan fingerprint density at radius 1 is 1.11 bits per heavy atom. The molecule has 0 bridgehead atoms. The minimum Gasteiger partial charge on any atom is -0.480 e. The van der Waals surface area contributed by atoms with Gasteiger partial charge in [0.15, 0.2) is 6.10 Å². The van der Waals surface area contributed by atoms with Gasteiger partial charge in [0.1, 0.15) is 11.8 Å². The van der Waals surface area contributed by atoms with E-state index in [4.69, 9.17) is 10.00 Å². The van der Waals surface area contributed by atoms with Crippen LogP contribution in [0.15, 0.2) is 60.7 Å². The molecule has 5 heteroatoms. The van der Waals surface area contributed by atoms with Gasteiger partial charge in [0.2, 0.25) is 0 Å². The number of piperazine rings is 1. The van der Waals surface area contributed by atoms with E-state index in [0.717, 1.165) is 19.6 Å². The molecule has 0 saturated carbocycles. The fourth-order valence-electron chi connectivity index (χ4n) is 3.21. The Hall–Kier alpha value is -3.10. The lowest BCUT2D eigenvalue weighted by Crippen LogP contribution is -2.51. The summed E-state index contributed by atoms with van der Waals surface area (Å²) < 4.78 is 5.75. The van der Waals surface area contributed by atoms with E-state index in [1.54, 1.807) is 31.2 Å². The van der Waals surface area contributed by atoms with E-state index in [9.17, 15) is 4.79 Å². The predicted octanol–water partition coefficient (Wildman–Crippen LogP) is 3.18. The highest BCUT2D eigenvalue weighted by molar-refractivity contribution is 5.81. The molecule has 144 valence electrons. The number of benzene rings is 2. The molecule has 1 atom stereocenters. The van der Waals surface area contributed by atoms with Crippen LogP contribution in [0.4, 0.5) is 0 Å². The minimum atomic E-state index is -0.612. The van der Waals surface area contributed by atoms with Crippen LogP contribution in [0.1, 0.15) is 18.1 Å². The molecular weight excluding hydrogens is 350 g/mol. The van der Waals surface area contributed by atoms with Crippen molar-refractivity contribution in [3.8, 4) is 11.8 Å². The molecule has 28 heavy (non-hydrogen) atoms. The maximum atomic E-state index is 12.7. The average Bonchev–Trinajstić information content (AvgIpc) is 2.75. The molecule has 2 aromatic carbocycles. The predicted molar refractivity (Wildman–Crippen MR) is 110 cm³/mol. The van der Waals surface area contributed by atoms with Gasteiger partial charge >= 0.3 is 0 Å². The maximum Gasteiger partial charge on any atom is 0.263 e. The van der Waals surface area contributed by atoms with Crippen molar-refractivity contribution in [1.29, 1.82) is 5.26 Å². The van der Waals surface area contributed by atoms with Crippen molar-refractivity contribution in [2.75, 3.05) is 32.7 Å². The lowest BCUT2D eigenvalue weighted by atomic mass is 10.2. The highest BCUT2D eigenvalue weighted by Crippen LogP contribution is 2.19. The Labute approximate surface area is 166 Å². The number of amides is 1. The molecule has 1 aliphatic heterocycles. The zero-order valence-corrected chi connectivity index (χ0v) is 16.1. The Balaban J connectivity index is 1.47. The third kappa shape index (κ3) is 5.21. The first-order valence-corrected chi connectivity index (χ1v) is 9.56. The first kappa shape index (κ1) is 19.7. The van der Waals surface area contributed by atoms with E-state index in [-0.39, 0.29) is 5.91 Å². The van der Waals surface area contributed by atoms with E-state index >= 15 is 0 Å². The lowest BCUT2D eigenvalue weighted by Gasteiger charge is -2.35. The van der Waals surface area contributed by atoms with Crippen molar-refractivity contribution in [3.63, 3.8) is 0 Å². The van der Waals surface area contributed by atoms with Gasteiger partial charge in [-0.2, -0.15) is 5.26 Å². The Morgan fingerprint density at radius 3 is 2.50 bits per heavy atom. The second-order valence-corrected chi connectivity index (χ2v) is 6.81. The van der Waals surface area contributed by atoms with Crippen LogP contribution in [0.5, 0.6) is 5.75 Å². The van der Waals surface area contributed by atoms with Crippen molar-refractivity contribution in [1.82, 2.24) is 9.80 Å². The Morgan fingerprint density at radius 2 is 1.79 bits per heavy atom. The first-order chi connectivity index (χ1) is 13.7. The molecule has 0 aliphatic carbocycles. The van der Waals surface area contributed by atoms with Crippen LogP contribution in [0.3, 0.4) is 0 Å². The number of ether oxygens (including phenoxy) is 1. The quantitative estimate of drug-likeness (QED) is 0.778. The van der Waals surface area contributed by atoms with E-state index in [2.05, 4.69) is 35.3 Å². The molecule has 1 heterocycles. The molecule has 1 saturated heterocycles. The molecule has 2 aromatic rings. The zero-order chi connectivity index (χ0) is 19.8. The molecule has 1 fully saturated rings. The van der Waals surface area contributed by atoms with Gasteiger partial charge in [-0.05, 0) is 24.6 Å². The van der Waals surface area contributed by atoms with E-state index in [1.165, 1.54) is 5.56 Å². The summed E-state index contributed by atoms with van der Waals surface area (Å²) in [7, 11) is 0. The molecule has 1 aliphatic rings. The number of hydrogen-bond acceptors (Lipinski definition) is 4. The number of carbonyl (C=O) groups is 1. The summed E-state index contributed by atoms with van der Waals surface area (Å²) in [4.78, 5) is 16.9. The molecule has 1 unspecified atom stereocenters. The van der Waals surface area contributed by atoms with Crippen LogP contribution in [0, 0.1) is 11.3 Å². The normalized spacial score (nSPS) is 15.9. The average molecular weight is 375 g/mol. The van der Waals surface area contributed by atoms with Crippen LogP contribution in [0.25, 0.3) is 6.08 Å². The fourth-order valence-corrected chi connectivity index (χ4v) is 3.21. The molecule has 0 spiro atoms. The molecule has 0 radical (unpaired) electrons. The highest BCUT2D eigenvalue weighted by atomic mass is 16.5. The van der Waals surface area contributed by atoms with Crippen molar-refractivity contribution in [3.05, 3.63) is 71.8 Å². The van der Waals surface area contributed by atoms with Gasteiger partial charge in [-0.25, -0.2) is 0 Å². The Kier molecular flexibility index (Phi) is 6.83. The lowest BCUT2D eigenvalue weighted by molar-refractivity contribution is -0.139. The van der Waals surface area contributed by atoms with Gasteiger partial charge in [0.05, 0.1) is 5.56 Å². The number of para-hydroxylation sites is 1. The minimum absolute atomic E-state index is 0.0350. The van der Waals surface area contributed by atoms with Crippen LogP contribution in [-0.4, -0.2) is 54.5 Å². The summed E-state index contributed by atoms with van der Waals surface area (Å²) in [6, 6.07) is 19.3. The monoisotopic (exact) mass is 375 g/mol. The number of rotatable bonds is 6. The SMILES string of the molecule is CC(Oc1ccccc1C#N)C(=O)N1CCN(CC=Cc2ccccc2)CC1. The molecule has 1 amide bonds. The summed E-state index contributed by atoms with van der Waals surface area (Å²) in [5.41, 5.74) is 1.64. The third-order valence-corrected chi connectivity index (χ3v) is 4.82. The third-order valence-electron chi connectivity index (χ3n) is 4.82. The van der Waals surface area contributed by atoms with Crippen molar-refractivity contribution in [2.45, 2.75) is 13.0 Å². The number of nitrogens with zero attached hydrogens (tertiary/aromatic N) is 3. The van der Waals surface area contributed by atoms with Crippen molar-refractivity contribution >= 4 is 12.0 Å². The molecule has 0 N–H and O–H groups in total. The van der Waals surface area contributed by atoms with Gasteiger partial charge in [0.25, 0.3) is 5.91 Å². The number of carbonyl (C=O) groups excluding carboxylic acids is 1. The van der Waals surface area contributed by atoms with E-state index in [1.807, 2.05) is 23.1 Å². The van der Waals surface area contributed by atoms with Crippen molar-refractivity contribution in [2.24, 2.45) is 0 Å². The first-order valence-electron chi connectivity index (χ1n) is 9.56. The second kappa shape index (κ2) is 9.72.